The van der Waals surface area contributed by atoms with Crippen LogP contribution in [0.1, 0.15) is 5.56 Å². The lowest BCUT2D eigenvalue weighted by Gasteiger charge is -2.17. The summed E-state index contributed by atoms with van der Waals surface area (Å²) in [6.45, 7) is 1.88. The minimum atomic E-state index is -3.91. The van der Waals surface area contributed by atoms with Gasteiger partial charge in [-0.05, 0) is 49.4 Å². The van der Waals surface area contributed by atoms with Crippen LogP contribution in [0.4, 0.5) is 15.8 Å². The molecule has 0 fully saturated rings. The Morgan fingerprint density at radius 3 is 2.12 bits per heavy atom. The number of rotatable bonds is 6. The average molecular weight is 489 g/mol. The topological polar surface area (TPSA) is 77.5 Å². The smallest absolute Gasteiger partial charge is 0.210 e. The number of hydrogen-bond donors (Lipinski definition) is 1. The molecule has 0 saturated carbocycles. The van der Waals surface area contributed by atoms with Gasteiger partial charge < -0.3 is 14.8 Å². The maximum absolute atomic E-state index is 13.5. The van der Waals surface area contributed by atoms with Crippen molar-refractivity contribution >= 4 is 44.5 Å². The van der Waals surface area contributed by atoms with Crippen molar-refractivity contribution < 1.29 is 22.3 Å². The third-order valence-corrected chi connectivity index (χ3v) is 6.85. The van der Waals surface area contributed by atoms with Crippen LogP contribution in [0.2, 0.25) is 0 Å². The molecule has 3 aromatic carbocycles. The molecule has 0 atom stereocenters. The van der Waals surface area contributed by atoms with Crippen LogP contribution in [0.25, 0.3) is 10.9 Å². The SMILES string of the molecule is COc1cc2ncc(S(=O)(=O)c3ccc(C)cc3)c(Nc3ccc(F)cc3)c2cc1OC.Cl. The van der Waals surface area contributed by atoms with Gasteiger partial charge in [-0.25, -0.2) is 12.8 Å². The van der Waals surface area contributed by atoms with Crippen LogP contribution in [-0.2, 0) is 9.84 Å². The third kappa shape index (κ3) is 4.72. The highest BCUT2D eigenvalue weighted by Gasteiger charge is 2.25. The quantitative estimate of drug-likeness (QED) is 0.375. The van der Waals surface area contributed by atoms with Gasteiger partial charge in [0, 0.05) is 23.3 Å². The summed E-state index contributed by atoms with van der Waals surface area (Å²) in [5.74, 6) is 0.497. The summed E-state index contributed by atoms with van der Waals surface area (Å²) in [4.78, 5) is 4.51. The first-order valence-electron chi connectivity index (χ1n) is 9.72. The molecule has 6 nitrogen and oxygen atoms in total. The van der Waals surface area contributed by atoms with Crippen molar-refractivity contribution in [2.45, 2.75) is 16.7 Å². The van der Waals surface area contributed by atoms with Gasteiger partial charge >= 0.3 is 0 Å². The number of aromatic nitrogens is 1. The van der Waals surface area contributed by atoms with E-state index in [-0.39, 0.29) is 22.2 Å². The number of methoxy groups -OCH3 is 2. The lowest BCUT2D eigenvalue weighted by molar-refractivity contribution is 0.356. The summed E-state index contributed by atoms with van der Waals surface area (Å²) in [6.07, 6.45) is 1.31. The largest absolute Gasteiger partial charge is 0.493 e. The highest BCUT2D eigenvalue weighted by molar-refractivity contribution is 7.91. The van der Waals surface area contributed by atoms with Crippen LogP contribution in [0.3, 0.4) is 0 Å². The molecule has 0 amide bonds. The normalized spacial score (nSPS) is 11.0. The van der Waals surface area contributed by atoms with E-state index in [1.54, 1.807) is 36.4 Å². The zero-order valence-corrected chi connectivity index (χ0v) is 19.8. The van der Waals surface area contributed by atoms with Gasteiger partial charge in [0.1, 0.15) is 10.7 Å². The first kappa shape index (κ1) is 24.3. The van der Waals surface area contributed by atoms with Gasteiger partial charge in [-0.1, -0.05) is 17.7 Å². The van der Waals surface area contributed by atoms with Crippen LogP contribution in [0.5, 0.6) is 11.5 Å². The number of ether oxygens (including phenoxy) is 2. The standard InChI is InChI=1S/C24H21FN2O4S.ClH/c1-15-4-10-18(11-5-15)32(28,29)23-14-26-20-13-22(31-3)21(30-2)12-19(20)24(23)27-17-8-6-16(25)7-9-17;/h4-14H,1-3H3,(H,26,27);1H. The van der Waals surface area contributed by atoms with Crippen LogP contribution < -0.4 is 14.8 Å². The van der Waals surface area contributed by atoms with E-state index in [4.69, 9.17) is 9.47 Å². The fourth-order valence-electron chi connectivity index (χ4n) is 3.36. The lowest BCUT2D eigenvalue weighted by Crippen LogP contribution is -2.08. The number of benzene rings is 3. The summed E-state index contributed by atoms with van der Waals surface area (Å²) in [6, 6.07) is 15.6. The molecule has 0 aliphatic carbocycles. The maximum atomic E-state index is 13.5. The van der Waals surface area contributed by atoms with E-state index in [1.807, 2.05) is 6.92 Å². The number of sulfone groups is 1. The average Bonchev–Trinajstić information content (AvgIpc) is 2.79. The Bertz CT molecular complexity index is 1390. The number of pyridine rings is 1. The molecule has 0 spiro atoms. The minimum absolute atomic E-state index is 0. The predicted octanol–water partition coefficient (Wildman–Crippen LogP) is 5.70. The summed E-state index contributed by atoms with van der Waals surface area (Å²) in [7, 11) is -0.904. The molecular weight excluding hydrogens is 467 g/mol. The second-order valence-electron chi connectivity index (χ2n) is 7.17. The van der Waals surface area contributed by atoms with E-state index in [9.17, 15) is 12.8 Å². The van der Waals surface area contributed by atoms with Gasteiger partial charge in [0.25, 0.3) is 0 Å². The molecule has 1 heterocycles. The maximum Gasteiger partial charge on any atom is 0.210 e. The van der Waals surface area contributed by atoms with Crippen molar-refractivity contribution in [1.82, 2.24) is 4.98 Å². The highest BCUT2D eigenvalue weighted by Crippen LogP contribution is 2.39. The van der Waals surface area contributed by atoms with Crippen molar-refractivity contribution in [3.63, 3.8) is 0 Å². The van der Waals surface area contributed by atoms with E-state index in [1.165, 1.54) is 44.7 Å². The number of nitrogens with zero attached hydrogens (tertiary/aromatic N) is 1. The Morgan fingerprint density at radius 1 is 0.909 bits per heavy atom. The van der Waals surface area contributed by atoms with Crippen LogP contribution in [-0.4, -0.2) is 27.6 Å². The molecule has 1 aromatic heterocycles. The first-order valence-corrected chi connectivity index (χ1v) is 11.2. The third-order valence-electron chi connectivity index (χ3n) is 5.07. The van der Waals surface area contributed by atoms with Crippen LogP contribution in [0.15, 0.2) is 76.7 Å². The fourth-order valence-corrected chi connectivity index (χ4v) is 4.72. The molecule has 4 rings (SSSR count). The summed E-state index contributed by atoms with van der Waals surface area (Å²) in [5, 5.41) is 3.65. The molecule has 0 aliphatic rings. The van der Waals surface area contributed by atoms with Gasteiger partial charge in [0.05, 0.1) is 30.3 Å². The van der Waals surface area contributed by atoms with Gasteiger partial charge in [0.2, 0.25) is 9.84 Å². The predicted molar refractivity (Wildman–Crippen MR) is 128 cm³/mol. The molecule has 1 N–H and O–H groups in total. The number of anilines is 2. The van der Waals surface area contributed by atoms with Gasteiger partial charge in [-0.3, -0.25) is 4.98 Å². The molecule has 0 radical (unpaired) electrons. The van der Waals surface area contributed by atoms with Crippen molar-refractivity contribution in [1.29, 1.82) is 0 Å². The number of aryl methyl sites for hydroxylation is 1. The second kappa shape index (κ2) is 9.64. The Morgan fingerprint density at radius 2 is 1.52 bits per heavy atom. The number of halogens is 2. The lowest BCUT2D eigenvalue weighted by atomic mass is 10.1. The summed E-state index contributed by atoms with van der Waals surface area (Å²) >= 11 is 0. The van der Waals surface area contributed by atoms with Crippen LogP contribution >= 0.6 is 12.4 Å². The van der Waals surface area contributed by atoms with Gasteiger partial charge in [0.15, 0.2) is 11.5 Å². The molecule has 9 heteroatoms. The minimum Gasteiger partial charge on any atom is -0.493 e. The molecule has 172 valence electrons. The molecule has 33 heavy (non-hydrogen) atoms. The summed E-state index contributed by atoms with van der Waals surface area (Å²) < 4.78 is 51.2. The Kier molecular flexibility index (Phi) is 7.09. The molecule has 0 unspecified atom stereocenters. The van der Waals surface area contributed by atoms with Crippen molar-refractivity contribution in [3.05, 3.63) is 78.2 Å². The van der Waals surface area contributed by atoms with Crippen molar-refractivity contribution in [2.75, 3.05) is 19.5 Å². The van der Waals surface area contributed by atoms with Crippen molar-refractivity contribution in [3.8, 4) is 11.5 Å². The Labute approximate surface area is 197 Å². The Hall–Kier alpha value is -3.36. The fraction of sp³-hybridized carbons (Fsp3) is 0.125. The Balaban J connectivity index is 0.00000306. The van der Waals surface area contributed by atoms with E-state index in [2.05, 4.69) is 10.3 Å². The molecule has 0 aliphatic heterocycles. The summed E-state index contributed by atoms with van der Waals surface area (Å²) in [5.41, 5.74) is 2.29. The highest BCUT2D eigenvalue weighted by atomic mass is 35.5. The zero-order valence-electron chi connectivity index (χ0n) is 18.1. The number of nitrogens with one attached hydrogen (secondary N) is 1. The van der Waals surface area contributed by atoms with E-state index in [0.29, 0.717) is 33.8 Å². The second-order valence-corrected chi connectivity index (χ2v) is 9.09. The molecular formula is C24H22ClFN2O4S. The van der Waals surface area contributed by atoms with E-state index >= 15 is 0 Å². The van der Waals surface area contributed by atoms with Gasteiger partial charge in [-0.2, -0.15) is 0 Å². The van der Waals surface area contributed by atoms with Crippen molar-refractivity contribution in [2.24, 2.45) is 0 Å². The van der Waals surface area contributed by atoms with E-state index in [0.717, 1.165) is 5.56 Å². The monoisotopic (exact) mass is 488 g/mol. The van der Waals surface area contributed by atoms with Gasteiger partial charge in [-0.15, -0.1) is 12.4 Å². The molecule has 0 bridgehead atoms. The molecule has 4 aromatic rings. The van der Waals surface area contributed by atoms with Crippen LogP contribution in [0, 0.1) is 12.7 Å². The zero-order chi connectivity index (χ0) is 22.9. The molecule has 0 saturated heterocycles. The first-order chi connectivity index (χ1) is 15.3. The number of hydrogen-bond acceptors (Lipinski definition) is 6. The van der Waals surface area contributed by atoms with E-state index < -0.39 is 15.7 Å². The number of fused-ring (bicyclic) bond motifs is 1.